The predicted molar refractivity (Wildman–Crippen MR) is 65.1 cm³/mol. The van der Waals surface area contributed by atoms with Crippen molar-refractivity contribution in [2.75, 3.05) is 5.75 Å². The number of esters is 3. The number of ether oxygens (including phenoxy) is 3. The van der Waals surface area contributed by atoms with Gasteiger partial charge in [-0.05, 0) is 0 Å². The molecule has 0 spiro atoms. The lowest BCUT2D eigenvalue weighted by Gasteiger charge is -2.37. The van der Waals surface area contributed by atoms with Crippen molar-refractivity contribution in [1.82, 2.24) is 0 Å². The van der Waals surface area contributed by atoms with Crippen molar-refractivity contribution in [2.45, 2.75) is 44.5 Å². The molecular weight excluding hydrogens is 276 g/mol. The molecule has 4 atom stereocenters. The first-order valence-electron chi connectivity index (χ1n) is 5.62. The van der Waals surface area contributed by atoms with Gasteiger partial charge in [-0.1, -0.05) is 0 Å². The van der Waals surface area contributed by atoms with Gasteiger partial charge in [0.05, 0.1) is 0 Å². The summed E-state index contributed by atoms with van der Waals surface area (Å²) < 4.78 is 14.9. The summed E-state index contributed by atoms with van der Waals surface area (Å²) >= 11 is 1.12. The van der Waals surface area contributed by atoms with E-state index >= 15 is 0 Å². The van der Waals surface area contributed by atoms with E-state index in [0.29, 0.717) is 0 Å². The lowest BCUT2D eigenvalue weighted by Crippen LogP contribution is -2.53. The Hall–Kier alpha value is -1.28. The van der Waals surface area contributed by atoms with Crippen LogP contribution in [0.15, 0.2) is 0 Å². The fourth-order valence-corrected chi connectivity index (χ4v) is 2.87. The maximum atomic E-state index is 11.0. The molecule has 1 saturated heterocycles. The molecule has 1 aliphatic rings. The molecule has 1 rings (SSSR count). The van der Waals surface area contributed by atoms with Crippen LogP contribution in [0.1, 0.15) is 20.8 Å². The van der Waals surface area contributed by atoms with Gasteiger partial charge in [0.2, 0.25) is 0 Å². The molecule has 0 unspecified atom stereocenters. The first kappa shape index (κ1) is 15.8. The average Bonchev–Trinajstić information content (AvgIpc) is 2.26. The van der Waals surface area contributed by atoms with Gasteiger partial charge in [-0.3, -0.25) is 14.4 Å². The molecule has 0 aromatic carbocycles. The van der Waals surface area contributed by atoms with E-state index in [1.165, 1.54) is 20.8 Å². The number of aliphatic hydroxyl groups is 1. The Morgan fingerprint density at radius 3 is 2.00 bits per heavy atom. The van der Waals surface area contributed by atoms with Gasteiger partial charge in [0, 0.05) is 26.5 Å². The Kier molecular flexibility index (Phi) is 5.61. The second-order valence-corrected chi connectivity index (χ2v) is 5.15. The highest BCUT2D eigenvalue weighted by molar-refractivity contribution is 7.99. The van der Waals surface area contributed by atoms with E-state index in [1.807, 2.05) is 0 Å². The van der Waals surface area contributed by atoms with E-state index in [4.69, 9.17) is 14.2 Å². The molecule has 0 aliphatic carbocycles. The van der Waals surface area contributed by atoms with Crippen molar-refractivity contribution in [3.63, 3.8) is 0 Å². The zero-order valence-electron chi connectivity index (χ0n) is 10.8. The molecule has 0 amide bonds. The Labute approximate surface area is 114 Å². The molecule has 0 aromatic heterocycles. The van der Waals surface area contributed by atoms with Crippen LogP contribution in [0.25, 0.3) is 0 Å². The molecular formula is C11H16O7S. The second kappa shape index (κ2) is 6.76. The van der Waals surface area contributed by atoms with E-state index < -0.39 is 41.7 Å². The van der Waals surface area contributed by atoms with Crippen LogP contribution in [-0.2, 0) is 28.6 Å². The van der Waals surface area contributed by atoms with E-state index in [0.717, 1.165) is 11.8 Å². The van der Waals surface area contributed by atoms with Gasteiger partial charge >= 0.3 is 17.9 Å². The zero-order valence-corrected chi connectivity index (χ0v) is 11.6. The number of hydrogen-bond acceptors (Lipinski definition) is 8. The van der Waals surface area contributed by atoms with Crippen LogP contribution in [0.5, 0.6) is 0 Å². The third kappa shape index (κ3) is 4.71. The third-order valence-corrected chi connectivity index (χ3v) is 3.53. The summed E-state index contributed by atoms with van der Waals surface area (Å²) in [4.78, 5) is 32.9. The maximum absolute atomic E-state index is 11.0. The highest BCUT2D eigenvalue weighted by Gasteiger charge is 2.44. The fraction of sp³-hybridized carbons (Fsp3) is 0.727. The molecule has 108 valence electrons. The van der Waals surface area contributed by atoms with Crippen molar-refractivity contribution >= 4 is 29.7 Å². The lowest BCUT2D eigenvalue weighted by atomic mass is 10.1. The van der Waals surface area contributed by atoms with E-state index in [9.17, 15) is 19.5 Å². The van der Waals surface area contributed by atoms with Gasteiger partial charge in [-0.15, -0.1) is 11.8 Å². The number of hydrogen-bond donors (Lipinski definition) is 1. The van der Waals surface area contributed by atoms with Crippen LogP contribution in [-0.4, -0.2) is 52.5 Å². The fourth-order valence-electron chi connectivity index (χ4n) is 1.68. The Bertz CT molecular complexity index is 370. The van der Waals surface area contributed by atoms with Gasteiger partial charge in [0.15, 0.2) is 17.6 Å². The van der Waals surface area contributed by atoms with Crippen LogP contribution in [0.3, 0.4) is 0 Å². The molecule has 19 heavy (non-hydrogen) atoms. The molecule has 0 bridgehead atoms. The van der Waals surface area contributed by atoms with Gasteiger partial charge in [-0.25, -0.2) is 0 Å². The first-order chi connectivity index (χ1) is 8.81. The highest BCUT2D eigenvalue weighted by atomic mass is 32.2. The van der Waals surface area contributed by atoms with E-state index in [-0.39, 0.29) is 5.75 Å². The summed E-state index contributed by atoms with van der Waals surface area (Å²) in [5, 5.41) is 10.0. The number of aliphatic hydroxyl groups excluding tert-OH is 1. The molecule has 1 heterocycles. The maximum Gasteiger partial charge on any atom is 0.303 e. The average molecular weight is 292 g/mol. The van der Waals surface area contributed by atoms with Crippen molar-refractivity contribution < 1.29 is 33.7 Å². The molecule has 1 N–H and O–H groups in total. The first-order valence-corrected chi connectivity index (χ1v) is 6.67. The van der Waals surface area contributed by atoms with E-state index in [2.05, 4.69) is 0 Å². The minimum Gasteiger partial charge on any atom is -0.458 e. The molecule has 1 aliphatic heterocycles. The summed E-state index contributed by atoms with van der Waals surface area (Å²) in [5.41, 5.74) is -0.853. The van der Waals surface area contributed by atoms with Gasteiger partial charge < -0.3 is 19.3 Å². The quantitative estimate of drug-likeness (QED) is 0.566. The smallest absolute Gasteiger partial charge is 0.303 e. The Morgan fingerprint density at radius 1 is 1.00 bits per heavy atom. The molecule has 1 fully saturated rings. The summed E-state index contributed by atoms with van der Waals surface area (Å²) in [5.74, 6) is -1.45. The van der Waals surface area contributed by atoms with Crippen LogP contribution in [0.2, 0.25) is 0 Å². The van der Waals surface area contributed by atoms with Crippen LogP contribution >= 0.6 is 11.8 Å². The second-order valence-electron chi connectivity index (χ2n) is 4.02. The number of carbonyl (C=O) groups is 3. The Balaban J connectivity index is 2.79. The molecule has 0 saturated carbocycles. The summed E-state index contributed by atoms with van der Waals surface area (Å²) in [7, 11) is 0. The minimum absolute atomic E-state index is 0.256. The summed E-state index contributed by atoms with van der Waals surface area (Å²) in [6, 6.07) is 0. The molecule has 0 radical (unpaired) electrons. The number of rotatable bonds is 3. The molecule has 8 heteroatoms. The number of thioether (sulfide) groups is 1. The third-order valence-electron chi connectivity index (χ3n) is 2.31. The van der Waals surface area contributed by atoms with Gasteiger partial charge in [0.1, 0.15) is 6.10 Å². The minimum atomic E-state index is -1.25. The SMILES string of the molecule is CC(=O)O[C@@H]1[C@@H](O)[C@@H](OC(C)=O)SC[C@H]1OC(C)=O. The van der Waals surface area contributed by atoms with Crippen molar-refractivity contribution in [3.05, 3.63) is 0 Å². The topological polar surface area (TPSA) is 99.1 Å². The highest BCUT2D eigenvalue weighted by Crippen LogP contribution is 2.31. The largest absolute Gasteiger partial charge is 0.458 e. The monoisotopic (exact) mass is 292 g/mol. The van der Waals surface area contributed by atoms with Gasteiger partial charge in [0.25, 0.3) is 0 Å². The summed E-state index contributed by atoms with van der Waals surface area (Å²) in [6.07, 6.45) is -3.07. The van der Waals surface area contributed by atoms with Crippen LogP contribution in [0.4, 0.5) is 0 Å². The standard InChI is InChI=1S/C11H16O7S/c1-5(12)16-8-4-19-11(18-7(3)14)9(15)10(8)17-6(2)13/h8-11,15H,4H2,1-3H3/t8-,9-,10+,11+/m1/s1. The molecule has 7 nitrogen and oxygen atoms in total. The molecule has 0 aromatic rings. The zero-order chi connectivity index (χ0) is 14.6. The van der Waals surface area contributed by atoms with Gasteiger partial charge in [-0.2, -0.15) is 0 Å². The van der Waals surface area contributed by atoms with Crippen molar-refractivity contribution in [3.8, 4) is 0 Å². The van der Waals surface area contributed by atoms with Crippen molar-refractivity contribution in [2.24, 2.45) is 0 Å². The normalized spacial score (nSPS) is 30.3. The van der Waals surface area contributed by atoms with Crippen LogP contribution in [0, 0.1) is 0 Å². The van der Waals surface area contributed by atoms with Crippen molar-refractivity contribution in [1.29, 1.82) is 0 Å². The lowest BCUT2D eigenvalue weighted by molar-refractivity contribution is -0.181. The predicted octanol–water partition coefficient (Wildman–Crippen LogP) is -0.153. The number of carbonyl (C=O) groups excluding carboxylic acids is 3. The Morgan fingerprint density at radius 2 is 1.53 bits per heavy atom. The van der Waals surface area contributed by atoms with Crippen LogP contribution < -0.4 is 0 Å². The van der Waals surface area contributed by atoms with E-state index in [1.54, 1.807) is 0 Å². The summed E-state index contributed by atoms with van der Waals surface area (Å²) in [6.45, 7) is 3.62.